The Balaban J connectivity index is 5.27. The summed E-state index contributed by atoms with van der Waals surface area (Å²) in [4.78, 5) is 72.4. The van der Waals surface area contributed by atoms with Crippen LogP contribution in [0.3, 0.4) is 0 Å². The first-order valence-corrected chi connectivity index (χ1v) is 38.2. The van der Waals surface area contributed by atoms with E-state index in [1.807, 2.05) is 0 Å². The van der Waals surface area contributed by atoms with Crippen molar-refractivity contribution in [1.29, 1.82) is 0 Å². The maximum atomic E-state index is 13.0. The van der Waals surface area contributed by atoms with Gasteiger partial charge in [0.05, 0.1) is 26.4 Å². The molecule has 0 saturated heterocycles. The second-order valence-electron chi connectivity index (χ2n) is 25.7. The highest BCUT2D eigenvalue weighted by atomic mass is 31.2. The number of unbranched alkanes of at least 4 members (excludes halogenated alkanes) is 30. The molecular weight excluding hydrogens is 1160 g/mol. The standard InChI is InChI=1S/C69H130O17P2/c1-8-9-10-11-12-13-14-15-16-17-21-24-27-36-43-50-66(71)79-56-64(85-68(73)52-45-38-28-25-22-19-18-20-23-26-33-40-47-60(2)3)58-83-87(75,76)81-54-63(70)55-82-88(77,78)84-59-65(86-69(74)53-46-39-32-30-35-42-49-62(6)7)57-80-67(72)51-44-37-31-29-34-41-48-61(4)5/h13-16,60-65,70H,8-12,17-59H2,1-7H3,(H,75,76)(H,77,78)/b14-13-,16-15-/t63-,64-,65-/m1/s1. The summed E-state index contributed by atoms with van der Waals surface area (Å²) < 4.78 is 68.1. The Morgan fingerprint density at radius 3 is 0.920 bits per heavy atom. The molecular formula is C69H130O17P2. The molecule has 0 radical (unpaired) electrons. The van der Waals surface area contributed by atoms with Crippen LogP contribution in [0.15, 0.2) is 24.3 Å². The largest absolute Gasteiger partial charge is 0.472 e. The van der Waals surface area contributed by atoms with Crippen molar-refractivity contribution in [2.45, 2.75) is 336 Å². The van der Waals surface area contributed by atoms with E-state index in [9.17, 15) is 43.2 Å². The summed E-state index contributed by atoms with van der Waals surface area (Å²) in [6, 6.07) is 0. The highest BCUT2D eigenvalue weighted by molar-refractivity contribution is 7.47. The monoisotopic (exact) mass is 1290 g/mol. The summed E-state index contributed by atoms with van der Waals surface area (Å²) in [5.41, 5.74) is 0. The second-order valence-corrected chi connectivity index (χ2v) is 28.6. The number of ether oxygens (including phenoxy) is 4. The van der Waals surface area contributed by atoms with Crippen molar-refractivity contribution in [3.63, 3.8) is 0 Å². The predicted octanol–water partition coefficient (Wildman–Crippen LogP) is 19.0. The molecule has 0 rings (SSSR count). The highest BCUT2D eigenvalue weighted by Gasteiger charge is 2.30. The van der Waals surface area contributed by atoms with Gasteiger partial charge in [-0.1, -0.05) is 265 Å². The molecule has 0 amide bonds. The fourth-order valence-electron chi connectivity index (χ4n) is 9.82. The molecule has 0 saturated carbocycles. The molecule has 0 heterocycles. The van der Waals surface area contributed by atoms with Crippen LogP contribution in [0, 0.1) is 17.8 Å². The summed E-state index contributed by atoms with van der Waals surface area (Å²) in [5.74, 6) is -0.0453. The second kappa shape index (κ2) is 59.5. The number of aliphatic hydroxyl groups excluding tert-OH is 1. The maximum absolute atomic E-state index is 13.0. The summed E-state index contributed by atoms with van der Waals surface area (Å²) in [5, 5.41) is 10.6. The van der Waals surface area contributed by atoms with Crippen LogP contribution < -0.4 is 0 Å². The van der Waals surface area contributed by atoms with Crippen LogP contribution in [0.2, 0.25) is 0 Å². The lowest BCUT2D eigenvalue weighted by molar-refractivity contribution is -0.161. The third-order valence-corrected chi connectivity index (χ3v) is 17.2. The molecule has 19 heteroatoms. The Bertz CT molecular complexity index is 1830. The van der Waals surface area contributed by atoms with Gasteiger partial charge in [0.1, 0.15) is 19.3 Å². The van der Waals surface area contributed by atoms with Gasteiger partial charge in [0.25, 0.3) is 0 Å². The van der Waals surface area contributed by atoms with Crippen molar-refractivity contribution >= 4 is 39.5 Å². The molecule has 5 atom stereocenters. The molecule has 0 aromatic heterocycles. The lowest BCUT2D eigenvalue weighted by Gasteiger charge is -2.21. The lowest BCUT2D eigenvalue weighted by atomic mass is 10.0. The van der Waals surface area contributed by atoms with Crippen LogP contribution in [0.5, 0.6) is 0 Å². The van der Waals surface area contributed by atoms with Crippen LogP contribution in [-0.2, 0) is 65.4 Å². The molecule has 0 spiro atoms. The molecule has 0 bridgehead atoms. The fourth-order valence-corrected chi connectivity index (χ4v) is 11.4. The summed E-state index contributed by atoms with van der Waals surface area (Å²) in [6.07, 6.45) is 45.6. The highest BCUT2D eigenvalue weighted by Crippen LogP contribution is 2.45. The van der Waals surface area contributed by atoms with Gasteiger partial charge >= 0.3 is 39.5 Å². The van der Waals surface area contributed by atoms with E-state index in [1.165, 1.54) is 103 Å². The van der Waals surface area contributed by atoms with Gasteiger partial charge in [0.15, 0.2) is 12.2 Å². The van der Waals surface area contributed by atoms with Crippen molar-refractivity contribution in [2.75, 3.05) is 39.6 Å². The summed E-state index contributed by atoms with van der Waals surface area (Å²) in [7, 11) is -9.91. The Morgan fingerprint density at radius 2 is 0.614 bits per heavy atom. The normalized spacial score (nSPS) is 14.4. The zero-order chi connectivity index (χ0) is 65.2. The minimum Gasteiger partial charge on any atom is -0.462 e. The average Bonchev–Trinajstić information content (AvgIpc) is 3.58. The van der Waals surface area contributed by atoms with Crippen molar-refractivity contribution in [3.8, 4) is 0 Å². The first-order valence-electron chi connectivity index (χ1n) is 35.2. The first-order chi connectivity index (χ1) is 42.2. The molecule has 2 unspecified atom stereocenters. The van der Waals surface area contributed by atoms with Gasteiger partial charge in [-0.2, -0.15) is 0 Å². The first kappa shape index (κ1) is 85.5. The lowest BCUT2D eigenvalue weighted by Crippen LogP contribution is -2.30. The summed E-state index contributed by atoms with van der Waals surface area (Å²) in [6.45, 7) is 11.6. The van der Waals surface area contributed by atoms with E-state index < -0.39 is 97.5 Å². The number of carbonyl (C=O) groups excluding carboxylic acids is 4. The van der Waals surface area contributed by atoms with E-state index in [4.69, 9.17) is 37.0 Å². The molecule has 0 aliphatic heterocycles. The van der Waals surface area contributed by atoms with E-state index in [-0.39, 0.29) is 25.7 Å². The van der Waals surface area contributed by atoms with Crippen LogP contribution in [-0.4, -0.2) is 96.7 Å². The van der Waals surface area contributed by atoms with Gasteiger partial charge in [0.2, 0.25) is 0 Å². The SMILES string of the molecule is CCCCCC/C=C\C=C/CCCCCCCC(=O)OC[C@H](COP(=O)(O)OC[C@@H](O)COP(=O)(O)OC[C@@H](COC(=O)CCCCCCCCC(C)C)OC(=O)CCCCCCCCC(C)C)OC(=O)CCCCCCCCCCCCCCC(C)C. The Labute approximate surface area is 535 Å². The average molecular weight is 1290 g/mol. The van der Waals surface area contributed by atoms with Gasteiger partial charge in [-0.3, -0.25) is 37.3 Å². The van der Waals surface area contributed by atoms with Crippen LogP contribution in [0.1, 0.15) is 318 Å². The Hall–Kier alpha value is -2.46. The zero-order valence-corrected chi connectivity index (χ0v) is 58.5. The van der Waals surface area contributed by atoms with Gasteiger partial charge in [-0.25, -0.2) is 9.13 Å². The van der Waals surface area contributed by atoms with Crippen molar-refractivity contribution < 1.29 is 80.2 Å². The van der Waals surface area contributed by atoms with Crippen molar-refractivity contribution in [2.24, 2.45) is 17.8 Å². The van der Waals surface area contributed by atoms with Gasteiger partial charge in [0, 0.05) is 25.7 Å². The third kappa shape index (κ3) is 62.4. The summed E-state index contributed by atoms with van der Waals surface area (Å²) >= 11 is 0. The topological polar surface area (TPSA) is 237 Å². The maximum Gasteiger partial charge on any atom is 0.472 e. The van der Waals surface area contributed by atoms with E-state index >= 15 is 0 Å². The molecule has 0 aromatic carbocycles. The van der Waals surface area contributed by atoms with E-state index in [0.717, 1.165) is 121 Å². The predicted molar refractivity (Wildman–Crippen MR) is 354 cm³/mol. The van der Waals surface area contributed by atoms with Gasteiger partial charge in [-0.05, 0) is 69.1 Å². The van der Waals surface area contributed by atoms with Crippen LogP contribution >= 0.6 is 15.6 Å². The molecule has 0 aromatic rings. The molecule has 88 heavy (non-hydrogen) atoms. The number of rotatable bonds is 65. The smallest absolute Gasteiger partial charge is 0.462 e. The third-order valence-electron chi connectivity index (χ3n) is 15.3. The number of allylic oxidation sites excluding steroid dienone is 4. The van der Waals surface area contributed by atoms with E-state index in [2.05, 4.69) is 72.8 Å². The Morgan fingerprint density at radius 1 is 0.352 bits per heavy atom. The van der Waals surface area contributed by atoms with E-state index in [1.54, 1.807) is 0 Å². The minimum absolute atomic E-state index is 0.0984. The number of phosphoric acid groups is 2. The van der Waals surface area contributed by atoms with E-state index in [0.29, 0.717) is 37.5 Å². The minimum atomic E-state index is -4.96. The van der Waals surface area contributed by atoms with Crippen molar-refractivity contribution in [1.82, 2.24) is 0 Å². The zero-order valence-electron chi connectivity index (χ0n) is 56.7. The number of carbonyl (C=O) groups is 4. The molecule has 17 nitrogen and oxygen atoms in total. The number of phosphoric ester groups is 2. The molecule has 0 fully saturated rings. The molecule has 518 valence electrons. The van der Waals surface area contributed by atoms with Crippen molar-refractivity contribution in [3.05, 3.63) is 24.3 Å². The van der Waals surface area contributed by atoms with Gasteiger partial charge < -0.3 is 33.8 Å². The quantitative estimate of drug-likeness (QED) is 0.0169. The van der Waals surface area contributed by atoms with Crippen LogP contribution in [0.25, 0.3) is 0 Å². The van der Waals surface area contributed by atoms with Crippen LogP contribution in [0.4, 0.5) is 0 Å². The number of hydrogen-bond acceptors (Lipinski definition) is 15. The Kier molecular flexibility index (Phi) is 57.9. The fraction of sp³-hybridized carbons (Fsp3) is 0.884. The number of hydrogen-bond donors (Lipinski definition) is 3. The molecule has 3 N–H and O–H groups in total. The van der Waals surface area contributed by atoms with Gasteiger partial charge in [-0.15, -0.1) is 0 Å². The number of esters is 4. The molecule has 0 aliphatic rings. The number of aliphatic hydroxyl groups is 1. The molecule has 0 aliphatic carbocycles.